The van der Waals surface area contributed by atoms with Crippen molar-refractivity contribution in [3.63, 3.8) is 0 Å². The van der Waals surface area contributed by atoms with E-state index in [0.29, 0.717) is 11.7 Å². The number of hydrogen-bond acceptors (Lipinski definition) is 4. The van der Waals surface area contributed by atoms with E-state index in [1.807, 2.05) is 12.1 Å². The maximum atomic E-state index is 9.11. The Kier molecular flexibility index (Phi) is 2.83. The van der Waals surface area contributed by atoms with Gasteiger partial charge in [-0.1, -0.05) is 42.8 Å². The monoisotopic (exact) mass is 253 g/mol. The minimum absolute atomic E-state index is 0.461. The van der Waals surface area contributed by atoms with Crippen molar-refractivity contribution in [2.45, 2.75) is 38.0 Å². The molecule has 0 amide bonds. The van der Waals surface area contributed by atoms with Gasteiger partial charge in [-0.05, 0) is 24.8 Å². The molecular weight excluding hydrogens is 238 g/mol. The zero-order valence-electron chi connectivity index (χ0n) is 10.9. The van der Waals surface area contributed by atoms with Crippen molar-refractivity contribution in [1.82, 2.24) is 10.1 Å². The minimum Gasteiger partial charge on any atom is -0.337 e. The van der Waals surface area contributed by atoms with Crippen molar-refractivity contribution in [3.05, 3.63) is 35.7 Å². The van der Waals surface area contributed by atoms with Crippen LogP contribution in [-0.4, -0.2) is 10.1 Å². The summed E-state index contributed by atoms with van der Waals surface area (Å²) in [5, 5.41) is 13.1. The maximum Gasteiger partial charge on any atom is 0.247 e. The highest BCUT2D eigenvalue weighted by atomic mass is 16.5. The first-order valence-electron chi connectivity index (χ1n) is 6.62. The predicted molar refractivity (Wildman–Crippen MR) is 70.3 cm³/mol. The second kappa shape index (κ2) is 4.51. The normalized spacial score (nSPS) is 16.0. The van der Waals surface area contributed by atoms with Gasteiger partial charge in [0.25, 0.3) is 0 Å². The van der Waals surface area contributed by atoms with Gasteiger partial charge in [0.1, 0.15) is 5.41 Å². The molecule has 96 valence electrons. The molecule has 4 nitrogen and oxygen atoms in total. The van der Waals surface area contributed by atoms with Crippen LogP contribution in [0.1, 0.15) is 37.6 Å². The van der Waals surface area contributed by atoms with E-state index in [1.165, 1.54) is 5.56 Å². The number of aryl methyl sites for hydroxylation is 1. The Morgan fingerprint density at radius 3 is 2.63 bits per heavy atom. The van der Waals surface area contributed by atoms with Crippen LogP contribution >= 0.6 is 0 Å². The van der Waals surface area contributed by atoms with Crippen LogP contribution in [-0.2, 0) is 11.8 Å². The summed E-state index contributed by atoms with van der Waals surface area (Å²) < 4.78 is 5.23. The molecule has 0 aliphatic heterocycles. The van der Waals surface area contributed by atoms with Crippen LogP contribution in [0.2, 0.25) is 0 Å². The Morgan fingerprint density at radius 1 is 1.32 bits per heavy atom. The largest absolute Gasteiger partial charge is 0.337 e. The molecule has 0 radical (unpaired) electrons. The van der Waals surface area contributed by atoms with E-state index in [-0.39, 0.29) is 0 Å². The van der Waals surface area contributed by atoms with Crippen molar-refractivity contribution in [1.29, 1.82) is 5.26 Å². The molecule has 0 saturated heterocycles. The molecule has 0 atom stereocenters. The predicted octanol–water partition coefficient (Wildman–Crippen LogP) is 3.24. The van der Waals surface area contributed by atoms with E-state index < -0.39 is 5.41 Å². The second-order valence-corrected chi connectivity index (χ2v) is 5.06. The number of rotatable bonds is 4. The fourth-order valence-electron chi connectivity index (χ4n) is 2.14. The average molecular weight is 253 g/mol. The van der Waals surface area contributed by atoms with Gasteiger partial charge in [0.2, 0.25) is 11.7 Å². The molecule has 0 spiro atoms. The van der Waals surface area contributed by atoms with Crippen LogP contribution in [0, 0.1) is 11.3 Å². The van der Waals surface area contributed by atoms with E-state index in [9.17, 15) is 0 Å². The lowest BCUT2D eigenvalue weighted by molar-refractivity contribution is 0.365. The Labute approximate surface area is 112 Å². The number of nitriles is 1. The third kappa shape index (κ3) is 2.12. The molecule has 1 saturated carbocycles. The quantitative estimate of drug-likeness (QED) is 0.839. The lowest BCUT2D eigenvalue weighted by Gasteiger charge is -1.99. The molecule has 1 aromatic carbocycles. The second-order valence-electron chi connectivity index (χ2n) is 5.06. The molecule has 1 aromatic heterocycles. The van der Waals surface area contributed by atoms with Gasteiger partial charge < -0.3 is 4.52 Å². The van der Waals surface area contributed by atoms with E-state index in [4.69, 9.17) is 9.78 Å². The van der Waals surface area contributed by atoms with E-state index >= 15 is 0 Å². The molecule has 0 unspecified atom stereocenters. The van der Waals surface area contributed by atoms with Gasteiger partial charge >= 0.3 is 0 Å². The molecule has 3 rings (SSSR count). The molecule has 4 heteroatoms. The topological polar surface area (TPSA) is 62.7 Å². The first kappa shape index (κ1) is 11.9. The summed E-state index contributed by atoms with van der Waals surface area (Å²) in [5.74, 6) is 1.03. The zero-order chi connectivity index (χ0) is 13.3. The number of hydrogen-bond donors (Lipinski definition) is 0. The minimum atomic E-state index is -0.507. The molecule has 0 N–H and O–H groups in total. The van der Waals surface area contributed by atoms with Gasteiger partial charge in [-0.3, -0.25) is 0 Å². The first-order chi connectivity index (χ1) is 9.27. The summed E-state index contributed by atoms with van der Waals surface area (Å²) in [6.45, 7) is 2.16. The standard InChI is InChI=1S/C15H15N3O/c1-2-3-11-4-6-12(7-5-11)13-17-14(19-18-13)15(10-16)8-9-15/h4-7H,2-3,8-9H2,1H3. The summed E-state index contributed by atoms with van der Waals surface area (Å²) in [5.41, 5.74) is 1.74. The van der Waals surface area contributed by atoms with E-state index in [0.717, 1.165) is 31.2 Å². The van der Waals surface area contributed by atoms with Crippen LogP contribution in [0.25, 0.3) is 11.4 Å². The molecule has 1 aliphatic rings. The fourth-order valence-corrected chi connectivity index (χ4v) is 2.14. The van der Waals surface area contributed by atoms with E-state index in [1.54, 1.807) is 0 Å². The number of aromatic nitrogens is 2. The van der Waals surface area contributed by atoms with Crippen molar-refractivity contribution in [3.8, 4) is 17.5 Å². The summed E-state index contributed by atoms with van der Waals surface area (Å²) >= 11 is 0. The van der Waals surface area contributed by atoms with Gasteiger partial charge in [0.05, 0.1) is 6.07 Å². The van der Waals surface area contributed by atoms with Gasteiger partial charge in [0.15, 0.2) is 0 Å². The van der Waals surface area contributed by atoms with Crippen molar-refractivity contribution < 1.29 is 4.52 Å². The third-order valence-corrected chi connectivity index (χ3v) is 3.55. The highest BCUT2D eigenvalue weighted by Gasteiger charge is 2.50. The summed E-state index contributed by atoms with van der Waals surface area (Å²) in [7, 11) is 0. The zero-order valence-corrected chi connectivity index (χ0v) is 10.9. The summed E-state index contributed by atoms with van der Waals surface area (Å²) in [6, 6.07) is 10.5. The third-order valence-electron chi connectivity index (χ3n) is 3.55. The lowest BCUT2D eigenvalue weighted by atomic mass is 10.1. The van der Waals surface area contributed by atoms with E-state index in [2.05, 4.69) is 35.3 Å². The summed E-state index contributed by atoms with van der Waals surface area (Å²) in [4.78, 5) is 4.36. The van der Waals surface area contributed by atoms with Gasteiger partial charge in [-0.2, -0.15) is 10.2 Å². The molecule has 0 bridgehead atoms. The van der Waals surface area contributed by atoms with Crippen LogP contribution in [0.5, 0.6) is 0 Å². The molecule has 19 heavy (non-hydrogen) atoms. The molecule has 1 aliphatic carbocycles. The number of benzene rings is 1. The average Bonchev–Trinajstić information content (AvgIpc) is 3.09. The highest BCUT2D eigenvalue weighted by Crippen LogP contribution is 2.46. The van der Waals surface area contributed by atoms with Gasteiger partial charge in [-0.25, -0.2) is 0 Å². The van der Waals surface area contributed by atoms with Crippen molar-refractivity contribution >= 4 is 0 Å². The van der Waals surface area contributed by atoms with Crippen LogP contribution < -0.4 is 0 Å². The van der Waals surface area contributed by atoms with Crippen molar-refractivity contribution in [2.24, 2.45) is 0 Å². The Morgan fingerprint density at radius 2 is 2.05 bits per heavy atom. The molecule has 1 fully saturated rings. The fraction of sp³-hybridized carbons (Fsp3) is 0.400. The molecule has 2 aromatic rings. The van der Waals surface area contributed by atoms with Crippen LogP contribution in [0.15, 0.2) is 28.8 Å². The lowest BCUT2D eigenvalue weighted by Crippen LogP contribution is -2.02. The molecule has 1 heterocycles. The van der Waals surface area contributed by atoms with Gasteiger partial charge in [-0.15, -0.1) is 0 Å². The van der Waals surface area contributed by atoms with Crippen LogP contribution in [0.3, 0.4) is 0 Å². The van der Waals surface area contributed by atoms with Gasteiger partial charge in [0, 0.05) is 5.56 Å². The Hall–Kier alpha value is -2.15. The highest BCUT2D eigenvalue weighted by molar-refractivity contribution is 5.55. The van der Waals surface area contributed by atoms with Crippen molar-refractivity contribution in [2.75, 3.05) is 0 Å². The number of nitrogens with zero attached hydrogens (tertiary/aromatic N) is 3. The Bertz CT molecular complexity index is 618. The maximum absolute atomic E-state index is 9.11. The summed E-state index contributed by atoms with van der Waals surface area (Å²) in [6.07, 6.45) is 3.85. The first-order valence-corrected chi connectivity index (χ1v) is 6.62. The molecular formula is C15H15N3O. The SMILES string of the molecule is CCCc1ccc(-c2noc(C3(C#N)CC3)n2)cc1. The van der Waals surface area contributed by atoms with Crippen LogP contribution in [0.4, 0.5) is 0 Å². The Balaban J connectivity index is 1.85. The smallest absolute Gasteiger partial charge is 0.247 e.